The molecule has 0 bridgehead atoms. The molecule has 104 valence electrons. The molecule has 1 saturated heterocycles. The number of nitrogens with zero attached hydrogens (tertiary/aromatic N) is 1. The number of rotatable bonds is 3. The van der Waals surface area contributed by atoms with Crippen LogP contribution in [0.5, 0.6) is 5.75 Å². The maximum Gasteiger partial charge on any atom is 0.254 e. The van der Waals surface area contributed by atoms with E-state index in [1.165, 1.54) is 0 Å². The van der Waals surface area contributed by atoms with E-state index in [0.29, 0.717) is 18.2 Å². The third kappa shape index (κ3) is 3.26. The molecule has 0 radical (unpaired) electrons. The van der Waals surface area contributed by atoms with Gasteiger partial charge < -0.3 is 15.0 Å². The number of piperazine rings is 1. The van der Waals surface area contributed by atoms with Crippen LogP contribution in [0.4, 0.5) is 0 Å². The molecule has 0 aliphatic carbocycles. The first-order valence-electron chi connectivity index (χ1n) is 6.88. The normalized spacial score (nSPS) is 19.3. The van der Waals surface area contributed by atoms with E-state index in [9.17, 15) is 4.79 Å². The van der Waals surface area contributed by atoms with Crippen molar-refractivity contribution in [1.82, 2.24) is 10.2 Å². The van der Waals surface area contributed by atoms with E-state index in [1.54, 1.807) is 0 Å². The van der Waals surface area contributed by atoms with Gasteiger partial charge in [-0.1, -0.05) is 6.07 Å². The minimum absolute atomic E-state index is 0.0919. The molecule has 1 aromatic carbocycles. The fourth-order valence-electron chi connectivity index (χ4n) is 2.34. The molecule has 1 amide bonds. The lowest BCUT2D eigenvalue weighted by molar-refractivity contribution is 0.0708. The Morgan fingerprint density at radius 2 is 2.32 bits per heavy atom. The predicted octanol–water partition coefficient (Wildman–Crippen LogP) is 1.83. The average Bonchev–Trinajstić information content (AvgIpc) is 2.41. The Kier molecular flexibility index (Phi) is 4.43. The lowest BCUT2D eigenvalue weighted by Gasteiger charge is -2.32. The minimum atomic E-state index is 0.0919. The zero-order valence-corrected chi connectivity index (χ0v) is 11.9. The lowest BCUT2D eigenvalue weighted by atomic mass is 10.1. The molecule has 0 saturated carbocycles. The Balaban J connectivity index is 2.16. The van der Waals surface area contributed by atoms with Crippen molar-refractivity contribution in [2.45, 2.75) is 26.8 Å². The highest BCUT2D eigenvalue weighted by Gasteiger charge is 2.22. The van der Waals surface area contributed by atoms with Crippen LogP contribution in [-0.4, -0.2) is 43.1 Å². The van der Waals surface area contributed by atoms with Crippen LogP contribution in [0.2, 0.25) is 0 Å². The summed E-state index contributed by atoms with van der Waals surface area (Å²) in [7, 11) is 0. The molecule has 1 aliphatic rings. The summed E-state index contributed by atoms with van der Waals surface area (Å²) in [5.41, 5.74) is 1.77. The summed E-state index contributed by atoms with van der Waals surface area (Å²) in [6.45, 7) is 9.04. The molecule has 4 nitrogen and oxygen atoms in total. The van der Waals surface area contributed by atoms with Gasteiger partial charge in [-0.05, 0) is 38.5 Å². The number of carbonyl (C=O) groups excluding carboxylic acids is 1. The molecule has 1 heterocycles. The number of aryl methyl sites for hydroxylation is 1. The Morgan fingerprint density at radius 3 is 3.00 bits per heavy atom. The summed E-state index contributed by atoms with van der Waals surface area (Å²) in [5, 5.41) is 3.34. The van der Waals surface area contributed by atoms with Crippen molar-refractivity contribution >= 4 is 5.91 Å². The second-order valence-electron chi connectivity index (χ2n) is 5.02. The van der Waals surface area contributed by atoms with Crippen LogP contribution < -0.4 is 10.1 Å². The van der Waals surface area contributed by atoms with Gasteiger partial charge in [0.05, 0.1) is 6.61 Å². The summed E-state index contributed by atoms with van der Waals surface area (Å²) in [5.74, 6) is 0.894. The van der Waals surface area contributed by atoms with Crippen molar-refractivity contribution in [3.8, 4) is 5.75 Å². The maximum absolute atomic E-state index is 12.5. The summed E-state index contributed by atoms with van der Waals surface area (Å²) in [6.07, 6.45) is 0. The predicted molar refractivity (Wildman–Crippen MR) is 75.7 cm³/mol. The quantitative estimate of drug-likeness (QED) is 0.903. The molecule has 19 heavy (non-hydrogen) atoms. The molecule has 4 heteroatoms. The topological polar surface area (TPSA) is 41.6 Å². The van der Waals surface area contributed by atoms with E-state index in [-0.39, 0.29) is 5.91 Å². The molecule has 2 rings (SSSR count). The number of hydrogen-bond acceptors (Lipinski definition) is 3. The standard InChI is InChI=1S/C15H22N2O2/c1-4-19-14-9-13(6-5-11(14)2)15(18)17-8-7-16-12(3)10-17/h5-6,9,12,16H,4,7-8,10H2,1-3H3/t12-/m1/s1. The van der Waals surface area contributed by atoms with E-state index < -0.39 is 0 Å². The fourth-order valence-corrected chi connectivity index (χ4v) is 2.34. The van der Waals surface area contributed by atoms with Gasteiger partial charge in [-0.15, -0.1) is 0 Å². The zero-order valence-electron chi connectivity index (χ0n) is 11.9. The molecule has 1 aliphatic heterocycles. The number of ether oxygens (including phenoxy) is 1. The molecule has 0 aromatic heterocycles. The van der Waals surface area contributed by atoms with E-state index in [1.807, 2.05) is 36.9 Å². The number of nitrogens with one attached hydrogen (secondary N) is 1. The highest BCUT2D eigenvalue weighted by molar-refractivity contribution is 5.94. The Labute approximate surface area is 114 Å². The SMILES string of the molecule is CCOc1cc(C(=O)N2CCN[C@H](C)C2)ccc1C. The van der Waals surface area contributed by atoms with Gasteiger partial charge in [0.1, 0.15) is 5.75 Å². The van der Waals surface area contributed by atoms with E-state index in [2.05, 4.69) is 12.2 Å². The van der Waals surface area contributed by atoms with Crippen molar-refractivity contribution < 1.29 is 9.53 Å². The number of benzene rings is 1. The van der Waals surface area contributed by atoms with Crippen LogP contribution in [-0.2, 0) is 0 Å². The Morgan fingerprint density at radius 1 is 1.53 bits per heavy atom. The molecule has 1 N–H and O–H groups in total. The van der Waals surface area contributed by atoms with Crippen molar-refractivity contribution in [3.05, 3.63) is 29.3 Å². The van der Waals surface area contributed by atoms with Crippen LogP contribution in [0, 0.1) is 6.92 Å². The number of carbonyl (C=O) groups is 1. The van der Waals surface area contributed by atoms with Crippen molar-refractivity contribution in [2.75, 3.05) is 26.2 Å². The van der Waals surface area contributed by atoms with Gasteiger partial charge in [-0.3, -0.25) is 4.79 Å². The van der Waals surface area contributed by atoms with E-state index in [0.717, 1.165) is 30.9 Å². The molecule has 1 fully saturated rings. The largest absolute Gasteiger partial charge is 0.494 e. The summed E-state index contributed by atoms with van der Waals surface area (Å²) < 4.78 is 5.55. The van der Waals surface area contributed by atoms with Crippen molar-refractivity contribution in [2.24, 2.45) is 0 Å². The van der Waals surface area contributed by atoms with Gasteiger partial charge >= 0.3 is 0 Å². The summed E-state index contributed by atoms with van der Waals surface area (Å²) >= 11 is 0. The molecule has 0 spiro atoms. The molecule has 1 aromatic rings. The molecular weight excluding hydrogens is 240 g/mol. The first-order valence-corrected chi connectivity index (χ1v) is 6.88. The van der Waals surface area contributed by atoms with Gasteiger partial charge in [-0.25, -0.2) is 0 Å². The van der Waals surface area contributed by atoms with Gasteiger partial charge in [-0.2, -0.15) is 0 Å². The zero-order chi connectivity index (χ0) is 13.8. The third-order valence-electron chi connectivity index (χ3n) is 3.39. The summed E-state index contributed by atoms with van der Waals surface area (Å²) in [4.78, 5) is 14.4. The highest BCUT2D eigenvalue weighted by atomic mass is 16.5. The van der Waals surface area contributed by atoms with Gasteiger partial charge in [0, 0.05) is 31.2 Å². The first kappa shape index (κ1) is 13.9. The second kappa shape index (κ2) is 6.06. The third-order valence-corrected chi connectivity index (χ3v) is 3.39. The average molecular weight is 262 g/mol. The fraction of sp³-hybridized carbons (Fsp3) is 0.533. The molecular formula is C15H22N2O2. The minimum Gasteiger partial charge on any atom is -0.494 e. The Bertz CT molecular complexity index is 459. The summed E-state index contributed by atoms with van der Waals surface area (Å²) in [6, 6.07) is 6.04. The second-order valence-corrected chi connectivity index (χ2v) is 5.02. The number of hydrogen-bond donors (Lipinski definition) is 1. The highest BCUT2D eigenvalue weighted by Crippen LogP contribution is 2.21. The lowest BCUT2D eigenvalue weighted by Crippen LogP contribution is -2.51. The van der Waals surface area contributed by atoms with Crippen LogP contribution in [0.1, 0.15) is 29.8 Å². The van der Waals surface area contributed by atoms with Crippen molar-refractivity contribution in [3.63, 3.8) is 0 Å². The number of amides is 1. The van der Waals surface area contributed by atoms with E-state index in [4.69, 9.17) is 4.74 Å². The van der Waals surface area contributed by atoms with E-state index >= 15 is 0 Å². The first-order chi connectivity index (χ1) is 9.11. The monoisotopic (exact) mass is 262 g/mol. The van der Waals surface area contributed by atoms with Crippen LogP contribution in [0.3, 0.4) is 0 Å². The smallest absolute Gasteiger partial charge is 0.254 e. The van der Waals surface area contributed by atoms with Crippen LogP contribution in [0.15, 0.2) is 18.2 Å². The Hall–Kier alpha value is -1.55. The van der Waals surface area contributed by atoms with Gasteiger partial charge in [0.2, 0.25) is 0 Å². The maximum atomic E-state index is 12.5. The van der Waals surface area contributed by atoms with Gasteiger partial charge in [0.25, 0.3) is 5.91 Å². The van der Waals surface area contributed by atoms with Crippen LogP contribution in [0.25, 0.3) is 0 Å². The molecule has 1 atom stereocenters. The van der Waals surface area contributed by atoms with Crippen molar-refractivity contribution in [1.29, 1.82) is 0 Å². The van der Waals surface area contributed by atoms with Crippen LogP contribution >= 0.6 is 0 Å². The molecule has 0 unspecified atom stereocenters. The van der Waals surface area contributed by atoms with Gasteiger partial charge in [0.15, 0.2) is 0 Å².